The molecule has 1 aromatic rings. The lowest BCUT2D eigenvalue weighted by Gasteiger charge is -2.15. The molecule has 0 bridgehead atoms. The van der Waals surface area contributed by atoms with E-state index < -0.39 is 0 Å². The molecule has 3 heteroatoms. The summed E-state index contributed by atoms with van der Waals surface area (Å²) in [6, 6.07) is 7.66. The monoisotopic (exact) mass is 220 g/mol. The van der Waals surface area contributed by atoms with Gasteiger partial charge in [-0.2, -0.15) is 0 Å². The zero-order valence-corrected chi connectivity index (χ0v) is 10.2. The Kier molecular flexibility index (Phi) is 4.50. The summed E-state index contributed by atoms with van der Waals surface area (Å²) in [7, 11) is 0. The fourth-order valence-corrected chi connectivity index (χ4v) is 1.38. The lowest BCUT2D eigenvalue weighted by molar-refractivity contribution is -0.116. The largest absolute Gasteiger partial charge is 0.327 e. The van der Waals surface area contributed by atoms with Crippen LogP contribution in [-0.2, 0) is 4.79 Å². The number of carbonyl (C=O) groups excluding carboxylic acids is 1. The standard InChI is InChI=1S/C13H20N2O/c1-9(2)12(14)8-13(16)15-11-6-4-5-10(3)7-11/h4-7,9,12H,8,14H2,1-3H3,(H,15,16). The van der Waals surface area contributed by atoms with Crippen LogP contribution in [0.4, 0.5) is 5.69 Å². The van der Waals surface area contributed by atoms with Crippen molar-refractivity contribution in [2.24, 2.45) is 11.7 Å². The molecule has 1 unspecified atom stereocenters. The van der Waals surface area contributed by atoms with E-state index in [1.807, 2.05) is 45.0 Å². The van der Waals surface area contributed by atoms with Crippen molar-refractivity contribution in [3.05, 3.63) is 29.8 Å². The highest BCUT2D eigenvalue weighted by Gasteiger charge is 2.12. The maximum Gasteiger partial charge on any atom is 0.225 e. The molecule has 1 rings (SSSR count). The summed E-state index contributed by atoms with van der Waals surface area (Å²) in [6.07, 6.45) is 0.367. The van der Waals surface area contributed by atoms with Crippen LogP contribution >= 0.6 is 0 Å². The summed E-state index contributed by atoms with van der Waals surface area (Å²) in [5.74, 6) is 0.301. The molecule has 0 saturated heterocycles. The van der Waals surface area contributed by atoms with E-state index in [0.29, 0.717) is 12.3 Å². The molecule has 0 spiro atoms. The van der Waals surface area contributed by atoms with Crippen molar-refractivity contribution in [1.82, 2.24) is 0 Å². The van der Waals surface area contributed by atoms with E-state index in [1.165, 1.54) is 0 Å². The zero-order chi connectivity index (χ0) is 12.1. The predicted octanol–water partition coefficient (Wildman–Crippen LogP) is 2.31. The molecule has 0 fully saturated rings. The van der Waals surface area contributed by atoms with E-state index in [4.69, 9.17) is 5.73 Å². The minimum Gasteiger partial charge on any atom is -0.327 e. The van der Waals surface area contributed by atoms with Gasteiger partial charge in [0.2, 0.25) is 5.91 Å². The van der Waals surface area contributed by atoms with Crippen molar-refractivity contribution in [2.75, 3.05) is 5.32 Å². The van der Waals surface area contributed by atoms with E-state index in [-0.39, 0.29) is 11.9 Å². The maximum atomic E-state index is 11.6. The predicted molar refractivity (Wildman–Crippen MR) is 67.2 cm³/mol. The van der Waals surface area contributed by atoms with E-state index >= 15 is 0 Å². The summed E-state index contributed by atoms with van der Waals surface area (Å²) >= 11 is 0. The van der Waals surface area contributed by atoms with Crippen molar-refractivity contribution in [3.8, 4) is 0 Å². The highest BCUT2D eigenvalue weighted by Crippen LogP contribution is 2.11. The highest BCUT2D eigenvalue weighted by atomic mass is 16.1. The minimum atomic E-state index is -0.0789. The Morgan fingerprint density at radius 2 is 2.12 bits per heavy atom. The second-order valence-electron chi connectivity index (χ2n) is 4.53. The molecule has 0 saturated carbocycles. The number of anilines is 1. The lowest BCUT2D eigenvalue weighted by Crippen LogP contribution is -2.31. The normalized spacial score (nSPS) is 12.6. The van der Waals surface area contributed by atoms with Crippen molar-refractivity contribution in [2.45, 2.75) is 33.2 Å². The van der Waals surface area contributed by atoms with Crippen LogP contribution in [0.5, 0.6) is 0 Å². The Hall–Kier alpha value is -1.35. The SMILES string of the molecule is Cc1cccc(NC(=O)CC(N)C(C)C)c1. The Morgan fingerprint density at radius 3 is 2.69 bits per heavy atom. The van der Waals surface area contributed by atoms with Crippen molar-refractivity contribution in [1.29, 1.82) is 0 Å². The lowest BCUT2D eigenvalue weighted by atomic mass is 10.0. The van der Waals surface area contributed by atoms with Crippen LogP contribution in [0.15, 0.2) is 24.3 Å². The maximum absolute atomic E-state index is 11.6. The van der Waals surface area contributed by atoms with Gasteiger partial charge >= 0.3 is 0 Å². The van der Waals surface area contributed by atoms with Gasteiger partial charge in [-0.3, -0.25) is 4.79 Å². The molecule has 1 amide bonds. The average molecular weight is 220 g/mol. The molecular weight excluding hydrogens is 200 g/mol. The quantitative estimate of drug-likeness (QED) is 0.818. The van der Waals surface area contributed by atoms with Gasteiger partial charge in [0, 0.05) is 18.2 Å². The molecule has 0 aromatic heterocycles. The Balaban J connectivity index is 2.52. The highest BCUT2D eigenvalue weighted by molar-refractivity contribution is 5.91. The van der Waals surface area contributed by atoms with Crippen molar-refractivity contribution < 1.29 is 4.79 Å². The first-order valence-electron chi connectivity index (χ1n) is 5.61. The number of benzene rings is 1. The van der Waals surface area contributed by atoms with Gasteiger partial charge in [0.15, 0.2) is 0 Å². The first-order chi connectivity index (χ1) is 7.49. The molecule has 3 nitrogen and oxygen atoms in total. The van der Waals surface area contributed by atoms with Crippen LogP contribution in [0, 0.1) is 12.8 Å². The van der Waals surface area contributed by atoms with Crippen LogP contribution in [0.2, 0.25) is 0 Å². The van der Waals surface area contributed by atoms with Gasteiger partial charge in [0.25, 0.3) is 0 Å². The van der Waals surface area contributed by atoms with Crippen molar-refractivity contribution >= 4 is 11.6 Å². The smallest absolute Gasteiger partial charge is 0.225 e. The fourth-order valence-electron chi connectivity index (χ4n) is 1.38. The van der Waals surface area contributed by atoms with Gasteiger partial charge in [-0.25, -0.2) is 0 Å². The average Bonchev–Trinajstić information content (AvgIpc) is 2.16. The molecular formula is C13H20N2O. The first kappa shape index (κ1) is 12.7. The molecule has 16 heavy (non-hydrogen) atoms. The Bertz CT molecular complexity index is 361. The Labute approximate surface area is 97.0 Å². The molecule has 0 aliphatic rings. The van der Waals surface area contributed by atoms with Crippen LogP contribution in [0.3, 0.4) is 0 Å². The van der Waals surface area contributed by atoms with Gasteiger partial charge in [-0.05, 0) is 30.5 Å². The van der Waals surface area contributed by atoms with Gasteiger partial charge in [-0.1, -0.05) is 26.0 Å². The molecule has 0 heterocycles. The van der Waals surface area contributed by atoms with E-state index in [2.05, 4.69) is 5.32 Å². The molecule has 3 N–H and O–H groups in total. The van der Waals surface area contributed by atoms with Gasteiger partial charge < -0.3 is 11.1 Å². The number of rotatable bonds is 4. The third kappa shape index (κ3) is 4.03. The summed E-state index contributed by atoms with van der Waals surface area (Å²) < 4.78 is 0. The molecule has 0 aliphatic carbocycles. The molecule has 0 radical (unpaired) electrons. The van der Waals surface area contributed by atoms with Crippen LogP contribution in [0.25, 0.3) is 0 Å². The molecule has 88 valence electrons. The minimum absolute atomic E-state index is 0.0215. The van der Waals surface area contributed by atoms with Crippen LogP contribution in [0.1, 0.15) is 25.8 Å². The fraction of sp³-hybridized carbons (Fsp3) is 0.462. The topological polar surface area (TPSA) is 55.1 Å². The van der Waals surface area contributed by atoms with Crippen LogP contribution < -0.4 is 11.1 Å². The summed E-state index contributed by atoms with van der Waals surface area (Å²) in [5, 5.41) is 2.85. The number of nitrogens with two attached hydrogens (primary N) is 1. The van der Waals surface area contributed by atoms with Crippen LogP contribution in [-0.4, -0.2) is 11.9 Å². The number of hydrogen-bond donors (Lipinski definition) is 2. The molecule has 1 atom stereocenters. The van der Waals surface area contributed by atoms with Crippen molar-refractivity contribution in [3.63, 3.8) is 0 Å². The third-order valence-electron chi connectivity index (χ3n) is 2.58. The number of amides is 1. The second-order valence-corrected chi connectivity index (χ2v) is 4.53. The van der Waals surface area contributed by atoms with Gasteiger partial charge in [0.05, 0.1) is 0 Å². The summed E-state index contributed by atoms with van der Waals surface area (Å²) in [6.45, 7) is 6.03. The molecule has 0 aliphatic heterocycles. The molecule has 1 aromatic carbocycles. The number of carbonyl (C=O) groups is 1. The first-order valence-corrected chi connectivity index (χ1v) is 5.61. The van der Waals surface area contributed by atoms with Gasteiger partial charge in [-0.15, -0.1) is 0 Å². The number of hydrogen-bond acceptors (Lipinski definition) is 2. The third-order valence-corrected chi connectivity index (χ3v) is 2.58. The number of nitrogens with one attached hydrogen (secondary N) is 1. The van der Waals surface area contributed by atoms with E-state index in [9.17, 15) is 4.79 Å². The second kappa shape index (κ2) is 5.66. The number of aryl methyl sites for hydroxylation is 1. The summed E-state index contributed by atoms with van der Waals surface area (Å²) in [4.78, 5) is 11.6. The summed E-state index contributed by atoms with van der Waals surface area (Å²) in [5.41, 5.74) is 7.80. The zero-order valence-electron chi connectivity index (χ0n) is 10.2. The van der Waals surface area contributed by atoms with Gasteiger partial charge in [0.1, 0.15) is 0 Å². The Morgan fingerprint density at radius 1 is 1.44 bits per heavy atom. The van der Waals surface area contributed by atoms with E-state index in [0.717, 1.165) is 11.3 Å². The van der Waals surface area contributed by atoms with E-state index in [1.54, 1.807) is 0 Å².